The molecule has 0 bridgehead atoms. The van der Waals surface area contributed by atoms with Crippen LogP contribution >= 0.6 is 0 Å². The van der Waals surface area contributed by atoms with Crippen molar-refractivity contribution in [3.8, 4) is 23.0 Å². The normalized spacial score (nSPS) is 10.8. The van der Waals surface area contributed by atoms with Crippen LogP contribution in [0.4, 0.5) is 0 Å². The van der Waals surface area contributed by atoms with Crippen molar-refractivity contribution in [1.29, 1.82) is 0 Å². The molecule has 0 heterocycles. The van der Waals surface area contributed by atoms with Crippen LogP contribution in [0.2, 0.25) is 0 Å². The minimum absolute atomic E-state index is 0.258. The fraction of sp³-hybridized carbons (Fsp3) is 0.353. The Morgan fingerprint density at radius 3 is 1.57 bits per heavy atom. The van der Waals surface area contributed by atoms with Gasteiger partial charge in [-0.25, -0.2) is 9.59 Å². The number of carbonyl (C=O) groups is 4. The van der Waals surface area contributed by atoms with Crippen LogP contribution in [0, 0.1) is 12.3 Å². The molecule has 3 aromatic rings. The molecule has 0 spiro atoms. The van der Waals surface area contributed by atoms with Gasteiger partial charge in [-0.1, -0.05) is 0 Å². The number of carbonyl (C=O) groups excluding carboxylic acids is 4. The van der Waals surface area contributed by atoms with E-state index in [9.17, 15) is 19.2 Å². The molecule has 0 atom stereocenters. The van der Waals surface area contributed by atoms with Crippen molar-refractivity contribution < 1.29 is 47.6 Å². The Morgan fingerprint density at radius 1 is 0.614 bits per heavy atom. The molecule has 0 aliphatic carbocycles. The highest BCUT2D eigenvalue weighted by Crippen LogP contribution is 2.26. The summed E-state index contributed by atoms with van der Waals surface area (Å²) in [5.74, 6) is 0.0811. The Balaban J connectivity index is 1.44. The lowest BCUT2D eigenvalue weighted by molar-refractivity contribution is -0.153. The summed E-state index contributed by atoms with van der Waals surface area (Å²) in [6.07, 6.45) is 1.09. The van der Waals surface area contributed by atoms with Gasteiger partial charge in [-0.3, -0.25) is 9.59 Å². The lowest BCUT2D eigenvalue weighted by Gasteiger charge is -2.16. The summed E-state index contributed by atoms with van der Waals surface area (Å²) in [5, 5.41) is 0. The molecule has 0 aromatic heterocycles. The first kappa shape index (κ1) is 33.6. The van der Waals surface area contributed by atoms with E-state index in [1.54, 1.807) is 94.4 Å². The molecule has 10 nitrogen and oxygen atoms in total. The smallest absolute Gasteiger partial charge is 0.343 e. The summed E-state index contributed by atoms with van der Waals surface area (Å²) in [4.78, 5) is 47.9. The molecule has 0 saturated heterocycles. The predicted octanol–water partition coefficient (Wildman–Crippen LogP) is 6.12. The molecule has 3 aromatic carbocycles. The van der Waals surface area contributed by atoms with E-state index in [0.29, 0.717) is 65.7 Å². The molecule has 0 radical (unpaired) electrons. The van der Waals surface area contributed by atoms with E-state index in [1.165, 1.54) is 6.92 Å². The van der Waals surface area contributed by atoms with E-state index < -0.39 is 17.4 Å². The van der Waals surface area contributed by atoms with Gasteiger partial charge in [0.1, 0.15) is 23.0 Å². The highest BCUT2D eigenvalue weighted by molar-refractivity contribution is 5.92. The van der Waals surface area contributed by atoms with Gasteiger partial charge in [0.2, 0.25) is 0 Å². The van der Waals surface area contributed by atoms with Crippen molar-refractivity contribution in [3.63, 3.8) is 0 Å². The summed E-state index contributed by atoms with van der Waals surface area (Å²) < 4.78 is 32.3. The Labute approximate surface area is 257 Å². The zero-order chi connectivity index (χ0) is 32.1. The Kier molecular flexibility index (Phi) is 12.3. The fourth-order valence-electron chi connectivity index (χ4n) is 3.59. The zero-order valence-corrected chi connectivity index (χ0v) is 25.7. The maximum absolute atomic E-state index is 12.7. The third-order valence-electron chi connectivity index (χ3n) is 6.01. The van der Waals surface area contributed by atoms with Crippen LogP contribution in [-0.4, -0.2) is 50.3 Å². The third kappa shape index (κ3) is 11.1. The van der Waals surface area contributed by atoms with Crippen molar-refractivity contribution >= 4 is 23.9 Å². The predicted molar refractivity (Wildman–Crippen MR) is 161 cm³/mol. The summed E-state index contributed by atoms with van der Waals surface area (Å²) in [6.45, 7) is 9.75. The molecule has 0 amide bonds. The van der Waals surface area contributed by atoms with Gasteiger partial charge in [-0.05, 0) is 100.0 Å². The second-order valence-electron chi connectivity index (χ2n) is 10.9. The molecule has 0 N–H and O–H groups in total. The molecule has 0 unspecified atom stereocenters. The van der Waals surface area contributed by atoms with E-state index in [-0.39, 0.29) is 25.2 Å². The van der Waals surface area contributed by atoms with Crippen molar-refractivity contribution in [2.24, 2.45) is 5.41 Å². The molecule has 3 rings (SSSR count). The van der Waals surface area contributed by atoms with E-state index in [1.807, 2.05) is 0 Å². The van der Waals surface area contributed by atoms with Crippen LogP contribution in [0.15, 0.2) is 66.7 Å². The SMILES string of the molecule is CC(=O)OCCCOc1ccc(C(=O)Oc2ccc(OC(=O)c3ccc(OCCCOC(=O)C(C)(C)C)cc3)cc2C)cc1. The number of benzene rings is 3. The summed E-state index contributed by atoms with van der Waals surface area (Å²) in [6, 6.07) is 17.7. The highest BCUT2D eigenvalue weighted by atomic mass is 16.5. The largest absolute Gasteiger partial charge is 0.493 e. The first-order valence-electron chi connectivity index (χ1n) is 14.2. The van der Waals surface area contributed by atoms with Crippen LogP contribution < -0.4 is 18.9 Å². The van der Waals surface area contributed by atoms with Gasteiger partial charge in [0.05, 0.1) is 43.0 Å². The first-order chi connectivity index (χ1) is 20.9. The molecule has 0 aliphatic heterocycles. The Hall–Kier alpha value is -4.86. The zero-order valence-electron chi connectivity index (χ0n) is 25.7. The van der Waals surface area contributed by atoms with Crippen molar-refractivity contribution in [2.45, 2.75) is 47.5 Å². The van der Waals surface area contributed by atoms with Crippen LogP contribution in [0.3, 0.4) is 0 Å². The summed E-state index contributed by atoms with van der Waals surface area (Å²) in [7, 11) is 0. The van der Waals surface area contributed by atoms with Gasteiger partial charge < -0.3 is 28.4 Å². The van der Waals surface area contributed by atoms with E-state index in [0.717, 1.165) is 0 Å². The number of aryl methyl sites for hydroxylation is 1. The lowest BCUT2D eigenvalue weighted by Crippen LogP contribution is -2.23. The molecular formula is C34H38O10. The number of hydrogen-bond donors (Lipinski definition) is 0. The van der Waals surface area contributed by atoms with Crippen LogP contribution in [0.25, 0.3) is 0 Å². The number of ether oxygens (including phenoxy) is 6. The molecule has 44 heavy (non-hydrogen) atoms. The number of esters is 4. The summed E-state index contributed by atoms with van der Waals surface area (Å²) in [5.41, 5.74) is 0.735. The molecule has 10 heteroatoms. The molecule has 0 aliphatic rings. The van der Waals surface area contributed by atoms with Crippen molar-refractivity contribution in [3.05, 3.63) is 83.4 Å². The van der Waals surface area contributed by atoms with Gasteiger partial charge in [0.25, 0.3) is 0 Å². The fourth-order valence-corrected chi connectivity index (χ4v) is 3.59. The number of rotatable bonds is 14. The van der Waals surface area contributed by atoms with Gasteiger partial charge in [-0.2, -0.15) is 0 Å². The van der Waals surface area contributed by atoms with Crippen molar-refractivity contribution in [1.82, 2.24) is 0 Å². The maximum atomic E-state index is 12.7. The van der Waals surface area contributed by atoms with Gasteiger partial charge in [0.15, 0.2) is 0 Å². The summed E-state index contributed by atoms with van der Waals surface area (Å²) >= 11 is 0. The lowest BCUT2D eigenvalue weighted by atomic mass is 9.97. The molecule has 0 saturated carbocycles. The van der Waals surface area contributed by atoms with Gasteiger partial charge in [0, 0.05) is 19.8 Å². The average Bonchev–Trinajstić information content (AvgIpc) is 2.98. The second kappa shape index (κ2) is 16.1. The molecular weight excluding hydrogens is 568 g/mol. The van der Waals surface area contributed by atoms with Gasteiger partial charge in [-0.15, -0.1) is 0 Å². The van der Waals surface area contributed by atoms with Crippen LogP contribution in [-0.2, 0) is 19.1 Å². The average molecular weight is 607 g/mol. The molecule has 234 valence electrons. The third-order valence-corrected chi connectivity index (χ3v) is 6.01. The van der Waals surface area contributed by atoms with Crippen LogP contribution in [0.1, 0.15) is 66.8 Å². The van der Waals surface area contributed by atoms with E-state index in [2.05, 4.69) is 0 Å². The minimum atomic E-state index is -0.552. The van der Waals surface area contributed by atoms with Crippen LogP contribution in [0.5, 0.6) is 23.0 Å². The maximum Gasteiger partial charge on any atom is 0.343 e. The quantitative estimate of drug-likeness (QED) is 0.120. The topological polar surface area (TPSA) is 124 Å². The Bertz CT molecular complexity index is 1420. The monoisotopic (exact) mass is 606 g/mol. The standard InChI is InChI=1S/C34H38O10/c1-23-22-29(43-31(36)25-8-12-27(13-9-25)41-20-7-21-42-33(38)34(3,4)5)16-17-30(23)44-32(37)26-10-14-28(15-11-26)40-19-6-18-39-24(2)35/h8-17,22H,6-7,18-21H2,1-5H3. The first-order valence-corrected chi connectivity index (χ1v) is 14.2. The second-order valence-corrected chi connectivity index (χ2v) is 10.9. The number of hydrogen-bond acceptors (Lipinski definition) is 10. The Morgan fingerprint density at radius 2 is 1.09 bits per heavy atom. The highest BCUT2D eigenvalue weighted by Gasteiger charge is 2.22. The minimum Gasteiger partial charge on any atom is -0.493 e. The molecule has 0 fully saturated rings. The van der Waals surface area contributed by atoms with Crippen molar-refractivity contribution in [2.75, 3.05) is 26.4 Å². The van der Waals surface area contributed by atoms with E-state index >= 15 is 0 Å². The van der Waals surface area contributed by atoms with Gasteiger partial charge >= 0.3 is 23.9 Å². The van der Waals surface area contributed by atoms with E-state index in [4.69, 9.17) is 28.4 Å².